The van der Waals surface area contributed by atoms with Crippen molar-refractivity contribution in [3.05, 3.63) is 0 Å². The lowest BCUT2D eigenvalue weighted by Crippen LogP contribution is -2.44. The monoisotopic (exact) mass is 298 g/mol. The van der Waals surface area contributed by atoms with Crippen LogP contribution in [0.3, 0.4) is 0 Å². The van der Waals surface area contributed by atoms with Crippen molar-refractivity contribution in [2.45, 2.75) is 51.2 Å². The molecule has 0 aliphatic heterocycles. The predicted octanol–water partition coefficient (Wildman–Crippen LogP) is 1.80. The largest absolute Gasteiger partial charge is 0.481 e. The van der Waals surface area contributed by atoms with Crippen molar-refractivity contribution in [1.82, 2.24) is 10.6 Å². The van der Waals surface area contributed by atoms with Gasteiger partial charge in [-0.15, -0.1) is 0 Å². The number of urea groups is 1. The molecule has 3 amide bonds. The number of alkyl halides is 3. The number of nitrogens with one attached hydrogen (secondary N) is 2. The average Bonchev–Trinajstić information content (AvgIpc) is 2.20. The minimum Gasteiger partial charge on any atom is -0.481 e. The Kier molecular flexibility index (Phi) is 7.63. The Labute approximate surface area is 113 Å². The van der Waals surface area contributed by atoms with Crippen LogP contribution >= 0.6 is 0 Å². The molecule has 116 valence electrons. The Morgan fingerprint density at radius 2 is 1.70 bits per heavy atom. The molecule has 0 aromatic heterocycles. The highest BCUT2D eigenvalue weighted by Crippen LogP contribution is 2.21. The van der Waals surface area contributed by atoms with E-state index < -0.39 is 36.5 Å². The van der Waals surface area contributed by atoms with E-state index in [4.69, 9.17) is 5.11 Å². The summed E-state index contributed by atoms with van der Waals surface area (Å²) in [6.45, 7) is 1.17. The average molecular weight is 298 g/mol. The van der Waals surface area contributed by atoms with Crippen molar-refractivity contribution in [2.24, 2.45) is 0 Å². The number of carbonyl (C=O) groups is 3. The van der Waals surface area contributed by atoms with Crippen molar-refractivity contribution in [2.75, 3.05) is 0 Å². The van der Waals surface area contributed by atoms with E-state index in [0.29, 0.717) is 0 Å². The van der Waals surface area contributed by atoms with Gasteiger partial charge < -0.3 is 10.4 Å². The third kappa shape index (κ3) is 11.3. The molecule has 0 saturated carbocycles. The molecule has 0 aromatic rings. The topological polar surface area (TPSA) is 95.5 Å². The number of carboxylic acids is 1. The molecule has 9 heteroatoms. The van der Waals surface area contributed by atoms with Gasteiger partial charge in [-0.1, -0.05) is 0 Å². The highest BCUT2D eigenvalue weighted by molar-refractivity contribution is 5.94. The van der Waals surface area contributed by atoms with Crippen LogP contribution in [0.15, 0.2) is 0 Å². The molecule has 6 nitrogen and oxygen atoms in total. The van der Waals surface area contributed by atoms with Gasteiger partial charge in [0.25, 0.3) is 0 Å². The summed E-state index contributed by atoms with van der Waals surface area (Å²) in [6, 6.07) is -2.14. The van der Waals surface area contributed by atoms with Crippen molar-refractivity contribution in [3.63, 3.8) is 0 Å². The lowest BCUT2D eigenvalue weighted by molar-refractivity contribution is -0.139. The normalized spacial score (nSPS) is 12.6. The third-order valence-electron chi connectivity index (χ3n) is 2.21. The minimum absolute atomic E-state index is 0.0612. The van der Waals surface area contributed by atoms with Gasteiger partial charge in [0.1, 0.15) is 0 Å². The van der Waals surface area contributed by atoms with E-state index in [-0.39, 0.29) is 25.7 Å². The molecule has 0 aromatic carbocycles. The fourth-order valence-corrected chi connectivity index (χ4v) is 1.41. The standard InChI is InChI=1S/C11H17F3N2O4/c1-7(6-11(12,13)14)15-10(20)16-8(17)4-2-3-5-9(18)19/h7H,2-6H2,1H3,(H,18,19)(H2,15,16,17,20). The molecular weight excluding hydrogens is 281 g/mol. The molecule has 0 aliphatic rings. The van der Waals surface area contributed by atoms with E-state index in [0.717, 1.165) is 0 Å². The predicted molar refractivity (Wildman–Crippen MR) is 62.9 cm³/mol. The summed E-state index contributed by atoms with van der Waals surface area (Å²) in [7, 11) is 0. The summed E-state index contributed by atoms with van der Waals surface area (Å²) in [5, 5.41) is 12.2. The van der Waals surface area contributed by atoms with Gasteiger partial charge in [-0.05, 0) is 19.8 Å². The van der Waals surface area contributed by atoms with Gasteiger partial charge in [-0.3, -0.25) is 14.9 Å². The second kappa shape index (κ2) is 8.39. The Morgan fingerprint density at radius 3 is 2.20 bits per heavy atom. The van der Waals surface area contributed by atoms with Crippen molar-refractivity contribution < 1.29 is 32.7 Å². The molecule has 0 rings (SSSR count). The maximum atomic E-state index is 12.0. The first-order valence-electron chi connectivity index (χ1n) is 5.99. The van der Waals surface area contributed by atoms with Crippen LogP contribution in [0.25, 0.3) is 0 Å². The molecule has 0 heterocycles. The second-order valence-electron chi connectivity index (χ2n) is 4.34. The smallest absolute Gasteiger partial charge is 0.391 e. The van der Waals surface area contributed by atoms with E-state index in [2.05, 4.69) is 0 Å². The molecule has 1 atom stereocenters. The molecule has 3 N–H and O–H groups in total. The summed E-state index contributed by atoms with van der Waals surface area (Å²) in [5.74, 6) is -1.64. The lowest BCUT2D eigenvalue weighted by atomic mass is 10.2. The minimum atomic E-state index is -4.40. The zero-order valence-electron chi connectivity index (χ0n) is 10.9. The fourth-order valence-electron chi connectivity index (χ4n) is 1.41. The van der Waals surface area contributed by atoms with Crippen LogP contribution in [-0.4, -0.2) is 35.2 Å². The molecule has 0 fully saturated rings. The first-order valence-corrected chi connectivity index (χ1v) is 5.99. The van der Waals surface area contributed by atoms with Gasteiger partial charge in [0.2, 0.25) is 5.91 Å². The van der Waals surface area contributed by atoms with Gasteiger partial charge in [-0.2, -0.15) is 13.2 Å². The first kappa shape index (κ1) is 18.2. The van der Waals surface area contributed by atoms with E-state index in [1.807, 2.05) is 10.6 Å². The maximum absolute atomic E-state index is 12.0. The number of carboxylic acid groups (broad SMARTS) is 1. The zero-order chi connectivity index (χ0) is 15.8. The molecule has 0 saturated heterocycles. The number of carbonyl (C=O) groups excluding carboxylic acids is 2. The third-order valence-corrected chi connectivity index (χ3v) is 2.21. The number of hydrogen-bond acceptors (Lipinski definition) is 3. The molecule has 20 heavy (non-hydrogen) atoms. The quantitative estimate of drug-likeness (QED) is 0.624. The number of unbranched alkanes of at least 4 members (excludes halogenated alkanes) is 1. The fraction of sp³-hybridized carbons (Fsp3) is 0.727. The number of imide groups is 1. The SMILES string of the molecule is CC(CC(F)(F)F)NC(=O)NC(=O)CCCCC(=O)O. The molecule has 0 aliphatic carbocycles. The molecule has 0 bridgehead atoms. The highest BCUT2D eigenvalue weighted by atomic mass is 19.4. The van der Waals surface area contributed by atoms with Crippen molar-refractivity contribution in [3.8, 4) is 0 Å². The van der Waals surface area contributed by atoms with Crippen LogP contribution in [0.4, 0.5) is 18.0 Å². The summed E-state index contributed by atoms with van der Waals surface area (Å²) < 4.78 is 36.0. The van der Waals surface area contributed by atoms with E-state index in [1.165, 1.54) is 6.92 Å². The van der Waals surface area contributed by atoms with E-state index in [9.17, 15) is 27.6 Å². The van der Waals surface area contributed by atoms with Crippen LogP contribution in [0.5, 0.6) is 0 Å². The summed E-state index contributed by atoms with van der Waals surface area (Å²) in [5.41, 5.74) is 0. The van der Waals surface area contributed by atoms with Crippen molar-refractivity contribution in [1.29, 1.82) is 0 Å². The van der Waals surface area contributed by atoms with Crippen molar-refractivity contribution >= 4 is 17.9 Å². The second-order valence-corrected chi connectivity index (χ2v) is 4.34. The van der Waals surface area contributed by atoms with Gasteiger partial charge in [0.05, 0.1) is 6.42 Å². The maximum Gasteiger partial charge on any atom is 0.391 e. The summed E-state index contributed by atoms with van der Waals surface area (Å²) in [4.78, 5) is 32.6. The van der Waals surface area contributed by atoms with E-state index >= 15 is 0 Å². The van der Waals surface area contributed by atoms with Crippen LogP contribution in [0.2, 0.25) is 0 Å². The Morgan fingerprint density at radius 1 is 1.15 bits per heavy atom. The first-order chi connectivity index (χ1) is 9.10. The molecule has 0 spiro atoms. The Balaban J connectivity index is 3.85. The van der Waals surface area contributed by atoms with Crippen LogP contribution < -0.4 is 10.6 Å². The molecule has 0 radical (unpaired) electrons. The van der Waals surface area contributed by atoms with Crippen LogP contribution in [0.1, 0.15) is 39.0 Å². The zero-order valence-corrected chi connectivity index (χ0v) is 10.9. The number of amides is 3. The Bertz CT molecular complexity index is 358. The van der Waals surface area contributed by atoms with Crippen LogP contribution in [0, 0.1) is 0 Å². The Hall–Kier alpha value is -1.80. The number of rotatable bonds is 7. The molecule has 1 unspecified atom stereocenters. The van der Waals surface area contributed by atoms with E-state index in [1.54, 1.807) is 0 Å². The van der Waals surface area contributed by atoms with Crippen LogP contribution in [-0.2, 0) is 9.59 Å². The summed E-state index contributed by atoms with van der Waals surface area (Å²) in [6.07, 6.45) is -5.16. The number of halogens is 3. The summed E-state index contributed by atoms with van der Waals surface area (Å²) >= 11 is 0. The lowest BCUT2D eigenvalue weighted by Gasteiger charge is -2.15. The number of hydrogen-bond donors (Lipinski definition) is 3. The van der Waals surface area contributed by atoms with Gasteiger partial charge in [0, 0.05) is 18.9 Å². The molecular formula is C11H17F3N2O4. The highest BCUT2D eigenvalue weighted by Gasteiger charge is 2.30. The van der Waals surface area contributed by atoms with Gasteiger partial charge in [-0.25, -0.2) is 4.79 Å². The van der Waals surface area contributed by atoms with Gasteiger partial charge in [0.15, 0.2) is 0 Å². The van der Waals surface area contributed by atoms with Gasteiger partial charge >= 0.3 is 18.2 Å². The number of aliphatic carboxylic acids is 1.